The molecule has 8 heteroatoms. The average Bonchev–Trinajstić information content (AvgIpc) is 2.79. The molecule has 1 N–H and O–H groups in total. The summed E-state index contributed by atoms with van der Waals surface area (Å²) < 4.78 is 31.8. The van der Waals surface area contributed by atoms with Crippen molar-refractivity contribution in [2.24, 2.45) is 5.10 Å². The Morgan fingerprint density at radius 3 is 2.31 bits per heavy atom. The maximum absolute atomic E-state index is 12.5. The molecule has 0 radical (unpaired) electrons. The van der Waals surface area contributed by atoms with Crippen LogP contribution in [0.3, 0.4) is 0 Å². The predicted molar refractivity (Wildman–Crippen MR) is 124 cm³/mol. The Morgan fingerprint density at radius 1 is 1.00 bits per heavy atom. The quantitative estimate of drug-likeness (QED) is 0.399. The third kappa shape index (κ3) is 6.50. The van der Waals surface area contributed by atoms with Crippen molar-refractivity contribution in [3.63, 3.8) is 0 Å². The molecular formula is C24H25N3O4S. The molecule has 7 nitrogen and oxygen atoms in total. The molecule has 0 saturated carbocycles. The van der Waals surface area contributed by atoms with Crippen molar-refractivity contribution in [1.82, 2.24) is 9.73 Å². The lowest BCUT2D eigenvalue weighted by Crippen LogP contribution is -2.36. The average molecular weight is 452 g/mol. The Hall–Kier alpha value is -3.49. The highest BCUT2D eigenvalue weighted by Crippen LogP contribution is 2.15. The van der Waals surface area contributed by atoms with Crippen LogP contribution in [0.5, 0.6) is 5.75 Å². The topological polar surface area (TPSA) is 88.1 Å². The standard InChI is InChI=1S/C24H25N3O4S/c1-19-8-14-23(15-9-19)32(29,30)27(2)17-24(28)26-25-16-20-10-12-22(13-11-20)31-18-21-6-4-3-5-7-21/h3-16H,17-18H2,1-2H3,(H,26,28)/b25-16+. The highest BCUT2D eigenvalue weighted by Gasteiger charge is 2.22. The Bertz CT molecular complexity index is 1160. The van der Waals surface area contributed by atoms with Crippen LogP contribution < -0.4 is 10.2 Å². The van der Waals surface area contributed by atoms with E-state index in [1.54, 1.807) is 12.1 Å². The zero-order valence-corrected chi connectivity index (χ0v) is 18.7. The molecule has 0 aliphatic heterocycles. The van der Waals surface area contributed by atoms with Crippen molar-refractivity contribution in [1.29, 1.82) is 0 Å². The molecule has 0 aliphatic carbocycles. The molecule has 0 fully saturated rings. The first-order valence-electron chi connectivity index (χ1n) is 9.96. The number of hydrogen-bond donors (Lipinski definition) is 1. The molecular weight excluding hydrogens is 426 g/mol. The van der Waals surface area contributed by atoms with E-state index >= 15 is 0 Å². The van der Waals surface area contributed by atoms with Crippen molar-refractivity contribution in [3.05, 3.63) is 95.6 Å². The van der Waals surface area contributed by atoms with Crippen LogP contribution in [0.4, 0.5) is 0 Å². The second-order valence-corrected chi connectivity index (χ2v) is 9.26. The van der Waals surface area contributed by atoms with Gasteiger partial charge in [0, 0.05) is 7.05 Å². The van der Waals surface area contributed by atoms with E-state index in [1.165, 1.54) is 25.4 Å². The lowest BCUT2D eigenvalue weighted by Gasteiger charge is -2.16. The summed E-state index contributed by atoms with van der Waals surface area (Å²) in [5, 5.41) is 3.90. The van der Waals surface area contributed by atoms with Gasteiger partial charge in [0.2, 0.25) is 10.0 Å². The summed E-state index contributed by atoms with van der Waals surface area (Å²) in [4.78, 5) is 12.2. The smallest absolute Gasteiger partial charge is 0.255 e. The van der Waals surface area contributed by atoms with Gasteiger partial charge >= 0.3 is 0 Å². The Morgan fingerprint density at radius 2 is 1.66 bits per heavy atom. The molecule has 3 aromatic carbocycles. The van der Waals surface area contributed by atoms with Crippen molar-refractivity contribution < 1.29 is 17.9 Å². The summed E-state index contributed by atoms with van der Waals surface area (Å²) in [6, 6.07) is 23.6. The normalized spacial score (nSPS) is 11.6. The third-order valence-corrected chi connectivity index (χ3v) is 6.44. The molecule has 3 rings (SSSR count). The number of likely N-dealkylation sites (N-methyl/N-ethyl adjacent to an activating group) is 1. The van der Waals surface area contributed by atoms with Gasteiger partial charge in [0.25, 0.3) is 5.91 Å². The molecule has 0 atom stereocenters. The number of carbonyl (C=O) groups is 1. The van der Waals surface area contributed by atoms with E-state index in [0.717, 1.165) is 26.7 Å². The van der Waals surface area contributed by atoms with E-state index in [0.29, 0.717) is 6.61 Å². The van der Waals surface area contributed by atoms with Crippen LogP contribution in [-0.2, 0) is 21.4 Å². The number of nitrogens with one attached hydrogen (secondary N) is 1. The van der Waals surface area contributed by atoms with Gasteiger partial charge in [-0.05, 0) is 54.4 Å². The zero-order valence-electron chi connectivity index (χ0n) is 17.9. The fourth-order valence-electron chi connectivity index (χ4n) is 2.78. The summed E-state index contributed by atoms with van der Waals surface area (Å²) in [7, 11) is -2.40. The number of sulfonamides is 1. The van der Waals surface area contributed by atoms with Crippen LogP contribution in [0, 0.1) is 6.92 Å². The van der Waals surface area contributed by atoms with Gasteiger partial charge in [-0.2, -0.15) is 9.41 Å². The van der Waals surface area contributed by atoms with Gasteiger partial charge in [-0.1, -0.05) is 48.0 Å². The Labute approximate surface area is 188 Å². The van der Waals surface area contributed by atoms with Crippen LogP contribution in [0.15, 0.2) is 88.9 Å². The zero-order chi connectivity index (χ0) is 23.0. The van der Waals surface area contributed by atoms with E-state index in [-0.39, 0.29) is 11.4 Å². The molecule has 0 heterocycles. The fraction of sp³-hybridized carbons (Fsp3) is 0.167. The maximum atomic E-state index is 12.5. The van der Waals surface area contributed by atoms with Crippen LogP contribution in [0.25, 0.3) is 0 Å². The molecule has 0 saturated heterocycles. The molecule has 166 valence electrons. The molecule has 0 aromatic heterocycles. The molecule has 32 heavy (non-hydrogen) atoms. The maximum Gasteiger partial charge on any atom is 0.255 e. The first-order chi connectivity index (χ1) is 15.3. The number of hydrogen-bond acceptors (Lipinski definition) is 5. The lowest BCUT2D eigenvalue weighted by molar-refractivity contribution is -0.121. The van der Waals surface area contributed by atoms with E-state index < -0.39 is 15.9 Å². The van der Waals surface area contributed by atoms with E-state index in [4.69, 9.17) is 4.74 Å². The van der Waals surface area contributed by atoms with Gasteiger partial charge in [0.1, 0.15) is 12.4 Å². The van der Waals surface area contributed by atoms with Crippen molar-refractivity contribution >= 4 is 22.1 Å². The highest BCUT2D eigenvalue weighted by atomic mass is 32.2. The Kier molecular flexibility index (Phi) is 7.75. The summed E-state index contributed by atoms with van der Waals surface area (Å²) >= 11 is 0. The molecule has 1 amide bonds. The minimum Gasteiger partial charge on any atom is -0.489 e. The van der Waals surface area contributed by atoms with Crippen LogP contribution in [0.1, 0.15) is 16.7 Å². The number of amides is 1. The Balaban J connectivity index is 1.48. The molecule has 0 spiro atoms. The lowest BCUT2D eigenvalue weighted by atomic mass is 10.2. The van der Waals surface area contributed by atoms with Gasteiger partial charge in [-0.25, -0.2) is 13.8 Å². The van der Waals surface area contributed by atoms with Crippen molar-refractivity contribution in [2.75, 3.05) is 13.6 Å². The summed E-state index contributed by atoms with van der Waals surface area (Å²) in [6.07, 6.45) is 1.48. The molecule has 0 aliphatic rings. The van der Waals surface area contributed by atoms with Crippen LogP contribution >= 0.6 is 0 Å². The number of aryl methyl sites for hydroxylation is 1. The fourth-order valence-corrected chi connectivity index (χ4v) is 3.91. The number of rotatable bonds is 9. The van der Waals surface area contributed by atoms with Gasteiger partial charge in [0.15, 0.2) is 0 Å². The number of nitrogens with zero attached hydrogens (tertiary/aromatic N) is 2. The number of carbonyl (C=O) groups excluding carboxylic acids is 1. The van der Waals surface area contributed by atoms with Crippen LogP contribution in [-0.4, -0.2) is 38.4 Å². The number of benzene rings is 3. The molecule has 3 aromatic rings. The van der Waals surface area contributed by atoms with Crippen molar-refractivity contribution in [2.45, 2.75) is 18.4 Å². The van der Waals surface area contributed by atoms with Crippen molar-refractivity contribution in [3.8, 4) is 5.75 Å². The third-order valence-electron chi connectivity index (χ3n) is 4.63. The largest absolute Gasteiger partial charge is 0.489 e. The van der Waals surface area contributed by atoms with Gasteiger partial charge < -0.3 is 4.74 Å². The van der Waals surface area contributed by atoms with Crippen LogP contribution in [0.2, 0.25) is 0 Å². The summed E-state index contributed by atoms with van der Waals surface area (Å²) in [5.74, 6) is 0.181. The minimum absolute atomic E-state index is 0.136. The highest BCUT2D eigenvalue weighted by molar-refractivity contribution is 7.89. The van der Waals surface area contributed by atoms with E-state index in [2.05, 4.69) is 10.5 Å². The summed E-state index contributed by atoms with van der Waals surface area (Å²) in [5.41, 5.74) is 5.14. The monoisotopic (exact) mass is 451 g/mol. The first-order valence-corrected chi connectivity index (χ1v) is 11.4. The first kappa shape index (κ1) is 23.2. The second kappa shape index (κ2) is 10.7. The minimum atomic E-state index is -3.75. The molecule has 0 unspecified atom stereocenters. The van der Waals surface area contributed by atoms with E-state index in [9.17, 15) is 13.2 Å². The van der Waals surface area contributed by atoms with E-state index in [1.807, 2.05) is 61.5 Å². The predicted octanol–water partition coefficient (Wildman–Crippen LogP) is 3.34. The van der Waals surface area contributed by atoms with Gasteiger partial charge in [-0.3, -0.25) is 4.79 Å². The summed E-state index contributed by atoms with van der Waals surface area (Å²) in [6.45, 7) is 2.00. The number of ether oxygens (including phenoxy) is 1. The molecule has 0 bridgehead atoms. The van der Waals surface area contributed by atoms with Gasteiger partial charge in [-0.15, -0.1) is 0 Å². The number of hydrazone groups is 1. The van der Waals surface area contributed by atoms with Gasteiger partial charge in [0.05, 0.1) is 17.7 Å². The second-order valence-electron chi connectivity index (χ2n) is 7.21. The SMILES string of the molecule is Cc1ccc(S(=O)(=O)N(C)CC(=O)N/N=C/c2ccc(OCc3ccccc3)cc2)cc1.